The second-order valence-corrected chi connectivity index (χ2v) is 4.75. The molecule has 0 fully saturated rings. The summed E-state index contributed by atoms with van der Waals surface area (Å²) in [5.41, 5.74) is 0. The number of nitrogens with one attached hydrogen (secondary N) is 1. The lowest BCUT2D eigenvalue weighted by Gasteiger charge is -2.09. The predicted octanol–water partition coefficient (Wildman–Crippen LogP) is 1.54. The van der Waals surface area contributed by atoms with Gasteiger partial charge in [-0.25, -0.2) is 0 Å². The fraction of sp³-hybridized carbons (Fsp3) is 0.500. The van der Waals surface area contributed by atoms with Gasteiger partial charge >= 0.3 is 6.01 Å². The van der Waals surface area contributed by atoms with Gasteiger partial charge in [0.1, 0.15) is 0 Å². The Kier molecular flexibility index (Phi) is 4.15. The van der Waals surface area contributed by atoms with E-state index in [1.54, 1.807) is 14.0 Å². The standard InChI is InChI=1S/C10H14N6O2S/c1-5(2)17-8-12-7(11-4)13-9(14-8)19-10-16-15-6(3)18-10/h5H,1-4H3,(H,11,12,13,14). The molecule has 2 rings (SSSR count). The Morgan fingerprint density at radius 3 is 2.58 bits per heavy atom. The smallest absolute Gasteiger partial charge is 0.322 e. The maximum atomic E-state index is 5.46. The molecule has 0 saturated heterocycles. The van der Waals surface area contributed by atoms with Crippen LogP contribution in [0.3, 0.4) is 0 Å². The summed E-state index contributed by atoms with van der Waals surface area (Å²) in [7, 11) is 1.72. The molecule has 2 aromatic rings. The Hall–Kier alpha value is -1.90. The summed E-state index contributed by atoms with van der Waals surface area (Å²) in [6.45, 7) is 5.52. The van der Waals surface area contributed by atoms with Crippen molar-refractivity contribution in [3.05, 3.63) is 5.89 Å². The third kappa shape index (κ3) is 3.78. The molecule has 2 aromatic heterocycles. The van der Waals surface area contributed by atoms with E-state index < -0.39 is 0 Å². The number of anilines is 1. The number of rotatable bonds is 5. The molecule has 0 aliphatic carbocycles. The molecule has 0 atom stereocenters. The summed E-state index contributed by atoms with van der Waals surface area (Å²) in [5.74, 6) is 0.911. The highest BCUT2D eigenvalue weighted by atomic mass is 32.2. The van der Waals surface area contributed by atoms with E-state index in [4.69, 9.17) is 9.15 Å². The van der Waals surface area contributed by atoms with Crippen LogP contribution in [-0.2, 0) is 0 Å². The maximum Gasteiger partial charge on any atom is 0.322 e. The van der Waals surface area contributed by atoms with Crippen LogP contribution >= 0.6 is 11.8 Å². The van der Waals surface area contributed by atoms with Gasteiger partial charge in [-0.2, -0.15) is 15.0 Å². The topological polar surface area (TPSA) is 98.9 Å². The molecule has 0 unspecified atom stereocenters. The molecular formula is C10H14N6O2S. The summed E-state index contributed by atoms with van der Waals surface area (Å²) in [4.78, 5) is 12.5. The Labute approximate surface area is 114 Å². The third-order valence-electron chi connectivity index (χ3n) is 1.85. The van der Waals surface area contributed by atoms with Crippen LogP contribution in [-0.4, -0.2) is 38.3 Å². The summed E-state index contributed by atoms with van der Waals surface area (Å²) in [6, 6.07) is 0.257. The molecule has 9 heteroatoms. The number of hydrogen-bond donors (Lipinski definition) is 1. The Bertz CT molecular complexity index is 559. The van der Waals surface area contributed by atoms with Crippen LogP contribution in [0.5, 0.6) is 6.01 Å². The second kappa shape index (κ2) is 5.83. The van der Waals surface area contributed by atoms with E-state index >= 15 is 0 Å². The van der Waals surface area contributed by atoms with E-state index in [9.17, 15) is 0 Å². The summed E-state index contributed by atoms with van der Waals surface area (Å²) in [6.07, 6.45) is -0.0180. The SMILES string of the molecule is CNc1nc(OC(C)C)nc(Sc2nnc(C)o2)n1. The van der Waals surface area contributed by atoms with E-state index in [-0.39, 0.29) is 12.1 Å². The van der Waals surface area contributed by atoms with E-state index in [1.807, 2.05) is 13.8 Å². The fourth-order valence-electron chi connectivity index (χ4n) is 1.16. The van der Waals surface area contributed by atoms with Crippen LogP contribution in [0.25, 0.3) is 0 Å². The number of nitrogens with zero attached hydrogens (tertiary/aromatic N) is 5. The van der Waals surface area contributed by atoms with E-state index in [0.29, 0.717) is 22.2 Å². The highest BCUT2D eigenvalue weighted by molar-refractivity contribution is 7.98. The van der Waals surface area contributed by atoms with E-state index in [2.05, 4.69) is 30.5 Å². The van der Waals surface area contributed by atoms with Gasteiger partial charge in [-0.05, 0) is 13.8 Å². The van der Waals surface area contributed by atoms with Crippen molar-refractivity contribution in [2.24, 2.45) is 0 Å². The Balaban J connectivity index is 2.23. The van der Waals surface area contributed by atoms with E-state index in [0.717, 1.165) is 11.8 Å². The van der Waals surface area contributed by atoms with Crippen LogP contribution in [0.1, 0.15) is 19.7 Å². The van der Waals surface area contributed by atoms with Crippen LogP contribution in [0.4, 0.5) is 5.95 Å². The molecule has 19 heavy (non-hydrogen) atoms. The van der Waals surface area contributed by atoms with Gasteiger partial charge in [0.05, 0.1) is 6.10 Å². The van der Waals surface area contributed by atoms with Crippen molar-refractivity contribution in [3.63, 3.8) is 0 Å². The number of hydrogen-bond acceptors (Lipinski definition) is 9. The molecule has 2 heterocycles. The molecule has 102 valence electrons. The third-order valence-corrected chi connectivity index (χ3v) is 2.55. The van der Waals surface area contributed by atoms with Crippen molar-refractivity contribution in [3.8, 4) is 6.01 Å². The molecule has 0 bridgehead atoms. The number of ether oxygens (including phenoxy) is 1. The van der Waals surface area contributed by atoms with Gasteiger partial charge in [-0.15, -0.1) is 10.2 Å². The summed E-state index contributed by atoms with van der Waals surface area (Å²) in [5, 5.41) is 11.3. The van der Waals surface area contributed by atoms with Crippen molar-refractivity contribution in [2.75, 3.05) is 12.4 Å². The first-order valence-electron chi connectivity index (χ1n) is 5.65. The number of aromatic nitrogens is 5. The zero-order valence-electron chi connectivity index (χ0n) is 11.0. The quantitative estimate of drug-likeness (QED) is 0.875. The van der Waals surface area contributed by atoms with Gasteiger partial charge in [0, 0.05) is 25.7 Å². The first-order chi connectivity index (χ1) is 9.06. The van der Waals surface area contributed by atoms with Crippen molar-refractivity contribution in [1.29, 1.82) is 0 Å². The summed E-state index contributed by atoms with van der Waals surface area (Å²) >= 11 is 1.16. The first kappa shape index (κ1) is 13.5. The fourth-order valence-corrected chi connectivity index (χ4v) is 1.81. The second-order valence-electron chi connectivity index (χ2n) is 3.83. The lowest BCUT2D eigenvalue weighted by molar-refractivity contribution is 0.219. The molecule has 0 aromatic carbocycles. The number of aryl methyl sites for hydroxylation is 1. The Morgan fingerprint density at radius 1 is 1.21 bits per heavy atom. The minimum atomic E-state index is -0.0180. The van der Waals surface area contributed by atoms with Gasteiger partial charge < -0.3 is 14.5 Å². The van der Waals surface area contributed by atoms with Crippen LogP contribution in [0, 0.1) is 6.92 Å². The average molecular weight is 282 g/mol. The average Bonchev–Trinajstić information content (AvgIpc) is 2.73. The summed E-state index contributed by atoms with van der Waals surface area (Å²) < 4.78 is 10.7. The van der Waals surface area contributed by atoms with Crippen LogP contribution in [0.2, 0.25) is 0 Å². The highest BCUT2D eigenvalue weighted by Crippen LogP contribution is 2.25. The molecule has 1 N–H and O–H groups in total. The van der Waals surface area contributed by atoms with Crippen molar-refractivity contribution >= 4 is 17.7 Å². The monoisotopic (exact) mass is 282 g/mol. The molecule has 0 aliphatic rings. The lowest BCUT2D eigenvalue weighted by Crippen LogP contribution is -2.10. The van der Waals surface area contributed by atoms with E-state index in [1.165, 1.54) is 0 Å². The Morgan fingerprint density at radius 2 is 2.00 bits per heavy atom. The molecule has 0 amide bonds. The van der Waals surface area contributed by atoms with Gasteiger partial charge in [0.2, 0.25) is 17.0 Å². The first-order valence-corrected chi connectivity index (χ1v) is 6.47. The minimum absolute atomic E-state index is 0.0180. The van der Waals surface area contributed by atoms with Crippen molar-refractivity contribution in [2.45, 2.75) is 37.3 Å². The maximum absolute atomic E-state index is 5.46. The van der Waals surface area contributed by atoms with Gasteiger partial charge in [-0.1, -0.05) is 0 Å². The molecule has 0 aliphatic heterocycles. The molecule has 0 radical (unpaired) electrons. The highest BCUT2D eigenvalue weighted by Gasteiger charge is 2.12. The van der Waals surface area contributed by atoms with Crippen LogP contribution in [0.15, 0.2) is 14.8 Å². The van der Waals surface area contributed by atoms with Gasteiger partial charge in [0.25, 0.3) is 5.22 Å². The molecular weight excluding hydrogens is 268 g/mol. The minimum Gasteiger partial charge on any atom is -0.461 e. The largest absolute Gasteiger partial charge is 0.461 e. The zero-order valence-corrected chi connectivity index (χ0v) is 11.9. The zero-order chi connectivity index (χ0) is 13.8. The predicted molar refractivity (Wildman–Crippen MR) is 68.3 cm³/mol. The molecule has 0 saturated carbocycles. The van der Waals surface area contributed by atoms with Crippen molar-refractivity contribution < 1.29 is 9.15 Å². The normalized spacial score (nSPS) is 10.8. The molecule has 0 spiro atoms. The van der Waals surface area contributed by atoms with Gasteiger partial charge in [0.15, 0.2) is 0 Å². The lowest BCUT2D eigenvalue weighted by atomic mass is 10.5. The van der Waals surface area contributed by atoms with Gasteiger partial charge in [-0.3, -0.25) is 0 Å². The molecule has 8 nitrogen and oxygen atoms in total. The van der Waals surface area contributed by atoms with Crippen LogP contribution < -0.4 is 10.1 Å². The van der Waals surface area contributed by atoms with Crippen molar-refractivity contribution in [1.82, 2.24) is 25.1 Å².